The highest BCUT2D eigenvalue weighted by molar-refractivity contribution is 7.26. The molecule has 0 fully saturated rings. The molecule has 4 heteroatoms. The van der Waals surface area contributed by atoms with Crippen molar-refractivity contribution in [2.45, 2.75) is 0 Å². The molecule has 0 saturated heterocycles. The van der Waals surface area contributed by atoms with Crippen molar-refractivity contribution < 1.29 is 0 Å². The van der Waals surface area contributed by atoms with E-state index >= 15 is 0 Å². The molecule has 0 spiro atoms. The molecule has 0 bridgehead atoms. The van der Waals surface area contributed by atoms with Crippen LogP contribution in [0.2, 0.25) is 0 Å². The SMILES string of the molecule is c1ccc(N(c2cc(-c3cccc(-c4ccc5c(c4)c4ccccc4n5-c4ccccc4)c3)cc(N(c3ccccc3)c3cccc4c3sc3ccccc34)c2)c2cccc3ccccc23)cc1. The Morgan fingerprint density at radius 1 is 0.294 bits per heavy atom. The average Bonchev–Trinajstić information content (AvgIpc) is 3.96. The van der Waals surface area contributed by atoms with E-state index in [1.54, 1.807) is 0 Å². The summed E-state index contributed by atoms with van der Waals surface area (Å²) in [5.74, 6) is 0. The van der Waals surface area contributed by atoms with Crippen LogP contribution in [0.15, 0.2) is 261 Å². The first kappa shape index (κ1) is 39.6. The molecule has 13 aromatic rings. The second kappa shape index (κ2) is 16.6. The van der Waals surface area contributed by atoms with Crippen LogP contribution in [0.25, 0.3) is 80.7 Å². The van der Waals surface area contributed by atoms with Crippen molar-refractivity contribution in [1.82, 2.24) is 4.57 Å². The zero-order valence-electron chi connectivity index (χ0n) is 37.1. The zero-order valence-corrected chi connectivity index (χ0v) is 37.9. The maximum absolute atomic E-state index is 2.46. The molecule has 0 amide bonds. The molecule has 320 valence electrons. The van der Waals surface area contributed by atoms with Crippen molar-refractivity contribution in [2.75, 3.05) is 9.80 Å². The van der Waals surface area contributed by atoms with Crippen LogP contribution < -0.4 is 9.80 Å². The molecule has 0 aliphatic carbocycles. The average molecular weight is 886 g/mol. The van der Waals surface area contributed by atoms with Gasteiger partial charge in [0.2, 0.25) is 0 Å². The van der Waals surface area contributed by atoms with Gasteiger partial charge in [-0.25, -0.2) is 0 Å². The molecule has 0 aliphatic rings. The fourth-order valence-electron chi connectivity index (χ4n) is 10.2. The molecule has 0 saturated carbocycles. The molecule has 3 nitrogen and oxygen atoms in total. The lowest BCUT2D eigenvalue weighted by molar-refractivity contribution is 1.18. The smallest absolute Gasteiger partial charge is 0.0640 e. The second-order valence-corrected chi connectivity index (χ2v) is 18.4. The second-order valence-electron chi connectivity index (χ2n) is 17.3. The summed E-state index contributed by atoms with van der Waals surface area (Å²) < 4.78 is 4.91. The molecule has 0 unspecified atom stereocenters. The first-order valence-corrected chi connectivity index (χ1v) is 24.0. The third-order valence-corrected chi connectivity index (χ3v) is 14.5. The van der Waals surface area contributed by atoms with E-state index in [0.717, 1.165) is 56.5 Å². The van der Waals surface area contributed by atoms with E-state index in [-0.39, 0.29) is 0 Å². The molecule has 0 radical (unpaired) electrons. The van der Waals surface area contributed by atoms with Gasteiger partial charge in [0.05, 0.1) is 27.1 Å². The molecular formula is C64H43N3S. The molecule has 11 aromatic carbocycles. The monoisotopic (exact) mass is 885 g/mol. The van der Waals surface area contributed by atoms with E-state index in [0.29, 0.717) is 0 Å². The Balaban J connectivity index is 1.04. The van der Waals surface area contributed by atoms with Crippen LogP contribution in [-0.2, 0) is 0 Å². The molecule has 13 rings (SSSR count). The summed E-state index contributed by atoms with van der Waals surface area (Å²) in [5, 5.41) is 7.40. The quantitative estimate of drug-likeness (QED) is 0.143. The molecule has 0 atom stereocenters. The minimum Gasteiger partial charge on any atom is -0.310 e. The van der Waals surface area contributed by atoms with Gasteiger partial charge in [0.15, 0.2) is 0 Å². The maximum Gasteiger partial charge on any atom is 0.0640 e. The van der Waals surface area contributed by atoms with Crippen molar-refractivity contribution >= 4 is 98.2 Å². The van der Waals surface area contributed by atoms with Gasteiger partial charge in [-0.2, -0.15) is 0 Å². The van der Waals surface area contributed by atoms with Crippen LogP contribution in [0, 0.1) is 0 Å². The number of anilines is 6. The molecule has 2 aromatic heterocycles. The van der Waals surface area contributed by atoms with Gasteiger partial charge in [0.1, 0.15) is 0 Å². The number of nitrogens with zero attached hydrogens (tertiary/aromatic N) is 3. The molecule has 2 heterocycles. The van der Waals surface area contributed by atoms with Gasteiger partial charge in [0, 0.05) is 60.1 Å². The van der Waals surface area contributed by atoms with Crippen LogP contribution in [0.3, 0.4) is 0 Å². The van der Waals surface area contributed by atoms with Crippen molar-refractivity contribution in [3.05, 3.63) is 261 Å². The lowest BCUT2D eigenvalue weighted by Crippen LogP contribution is -2.14. The van der Waals surface area contributed by atoms with Crippen molar-refractivity contribution in [2.24, 2.45) is 0 Å². The lowest BCUT2D eigenvalue weighted by atomic mass is 9.96. The number of hydrogen-bond donors (Lipinski definition) is 0. The van der Waals surface area contributed by atoms with E-state index in [1.807, 2.05) is 11.3 Å². The van der Waals surface area contributed by atoms with Crippen LogP contribution >= 0.6 is 11.3 Å². The van der Waals surface area contributed by atoms with E-state index < -0.39 is 0 Å². The minimum atomic E-state index is 1.06. The predicted octanol–water partition coefficient (Wildman–Crippen LogP) is 18.6. The summed E-state index contributed by atoms with van der Waals surface area (Å²) in [7, 11) is 0. The van der Waals surface area contributed by atoms with E-state index in [4.69, 9.17) is 0 Å². The Bertz CT molecular complexity index is 3980. The Kier molecular flexibility index (Phi) is 9.69. The van der Waals surface area contributed by atoms with Crippen molar-refractivity contribution in [3.8, 4) is 27.9 Å². The number of thiophene rings is 1. The summed E-state index contributed by atoms with van der Waals surface area (Å²) in [6, 6.07) is 95.1. The molecule has 0 N–H and O–H groups in total. The number of hydrogen-bond acceptors (Lipinski definition) is 3. The lowest BCUT2D eigenvalue weighted by Gasteiger charge is -2.31. The summed E-state index contributed by atoms with van der Waals surface area (Å²) >= 11 is 1.86. The molecule has 68 heavy (non-hydrogen) atoms. The summed E-state index contributed by atoms with van der Waals surface area (Å²) in [6.07, 6.45) is 0. The van der Waals surface area contributed by atoms with E-state index in [9.17, 15) is 0 Å². The number of aromatic nitrogens is 1. The van der Waals surface area contributed by atoms with Gasteiger partial charge in [-0.15, -0.1) is 11.3 Å². The first-order valence-electron chi connectivity index (χ1n) is 23.2. The van der Waals surface area contributed by atoms with Crippen molar-refractivity contribution in [1.29, 1.82) is 0 Å². The standard InChI is InChI=1S/C64H43N3S/c1-4-23-49(24-5-1)65(59-34-17-20-44-19-10-11-29-54(44)59)52-40-48(41-53(43-52)66(50-25-6-2-7-26-50)62-35-18-32-57-56-31-13-15-36-63(56)68-64(57)62)46-22-16-21-45(39-46)47-37-38-61-58(42-47)55-30-12-14-33-60(55)67(61)51-27-8-3-9-28-51/h1-43H. The number of benzene rings is 11. The largest absolute Gasteiger partial charge is 0.310 e. The van der Waals surface area contributed by atoms with Gasteiger partial charge in [-0.1, -0.05) is 164 Å². The highest BCUT2D eigenvalue weighted by atomic mass is 32.1. The third kappa shape index (κ3) is 6.81. The first-order chi connectivity index (χ1) is 33.7. The number of para-hydroxylation sites is 4. The summed E-state index contributed by atoms with van der Waals surface area (Å²) in [4.78, 5) is 4.89. The van der Waals surface area contributed by atoms with E-state index in [1.165, 1.54) is 58.3 Å². The van der Waals surface area contributed by atoms with Gasteiger partial charge in [-0.05, 0) is 125 Å². The summed E-state index contributed by atoms with van der Waals surface area (Å²) in [5.41, 5.74) is 14.7. The zero-order chi connectivity index (χ0) is 45.0. The third-order valence-electron chi connectivity index (χ3n) is 13.3. The van der Waals surface area contributed by atoms with Crippen LogP contribution in [0.4, 0.5) is 34.1 Å². The predicted molar refractivity (Wildman–Crippen MR) is 291 cm³/mol. The summed E-state index contributed by atoms with van der Waals surface area (Å²) in [6.45, 7) is 0. The maximum atomic E-state index is 2.46. The highest BCUT2D eigenvalue weighted by Crippen LogP contribution is 2.48. The highest BCUT2D eigenvalue weighted by Gasteiger charge is 2.23. The Hall–Kier alpha value is -8.70. The Morgan fingerprint density at radius 3 is 1.59 bits per heavy atom. The Labute approximate surface area is 399 Å². The van der Waals surface area contributed by atoms with Gasteiger partial charge in [0.25, 0.3) is 0 Å². The van der Waals surface area contributed by atoms with Crippen LogP contribution in [0.5, 0.6) is 0 Å². The minimum absolute atomic E-state index is 1.06. The van der Waals surface area contributed by atoms with Crippen LogP contribution in [0.1, 0.15) is 0 Å². The van der Waals surface area contributed by atoms with Crippen molar-refractivity contribution in [3.63, 3.8) is 0 Å². The topological polar surface area (TPSA) is 11.4 Å². The normalized spacial score (nSPS) is 11.5. The molecule has 0 aliphatic heterocycles. The Morgan fingerprint density at radius 2 is 0.824 bits per heavy atom. The van der Waals surface area contributed by atoms with Gasteiger partial charge >= 0.3 is 0 Å². The fourth-order valence-corrected chi connectivity index (χ4v) is 11.4. The fraction of sp³-hybridized carbons (Fsp3) is 0. The number of fused-ring (bicyclic) bond motifs is 7. The molecular weight excluding hydrogens is 843 g/mol. The number of rotatable bonds is 9. The van der Waals surface area contributed by atoms with E-state index in [2.05, 4.69) is 275 Å². The van der Waals surface area contributed by atoms with Crippen LogP contribution in [-0.4, -0.2) is 4.57 Å². The van der Waals surface area contributed by atoms with Gasteiger partial charge < -0.3 is 14.4 Å². The van der Waals surface area contributed by atoms with Gasteiger partial charge in [-0.3, -0.25) is 0 Å².